The van der Waals surface area contributed by atoms with Crippen LogP contribution < -0.4 is 10.6 Å². The summed E-state index contributed by atoms with van der Waals surface area (Å²) in [5, 5.41) is 5.94. The molecule has 1 aromatic carbocycles. The predicted molar refractivity (Wildman–Crippen MR) is 92.5 cm³/mol. The number of hydrogen-bond acceptors (Lipinski definition) is 2. The van der Waals surface area contributed by atoms with Gasteiger partial charge in [-0.1, -0.05) is 24.3 Å². The maximum atomic E-state index is 12.0. The van der Waals surface area contributed by atoms with E-state index in [2.05, 4.69) is 10.6 Å². The van der Waals surface area contributed by atoms with Crippen LogP contribution in [0.3, 0.4) is 0 Å². The van der Waals surface area contributed by atoms with Crippen LogP contribution in [-0.4, -0.2) is 48.0 Å². The summed E-state index contributed by atoms with van der Waals surface area (Å²) in [4.78, 5) is 27.8. The van der Waals surface area contributed by atoms with Crippen LogP contribution >= 0.6 is 0 Å². The van der Waals surface area contributed by atoms with Crippen molar-refractivity contribution in [2.45, 2.75) is 38.8 Å². The summed E-state index contributed by atoms with van der Waals surface area (Å²) in [6.45, 7) is 4.46. The van der Waals surface area contributed by atoms with Crippen LogP contribution in [0, 0.1) is 0 Å². The number of hydrogen-bond donors (Lipinski definition) is 2. The molecule has 4 amide bonds. The fourth-order valence-corrected chi connectivity index (χ4v) is 3.27. The zero-order valence-electron chi connectivity index (χ0n) is 14.1. The molecule has 0 spiro atoms. The number of likely N-dealkylation sites (tertiary alicyclic amines) is 2. The first-order valence-corrected chi connectivity index (χ1v) is 8.86. The molecule has 2 N–H and O–H groups in total. The van der Waals surface area contributed by atoms with E-state index in [1.54, 1.807) is 0 Å². The average Bonchev–Trinajstić information content (AvgIpc) is 3.31. The highest BCUT2D eigenvalue weighted by molar-refractivity contribution is 5.75. The van der Waals surface area contributed by atoms with Crippen molar-refractivity contribution in [3.05, 3.63) is 35.4 Å². The Morgan fingerprint density at radius 1 is 0.792 bits per heavy atom. The molecule has 24 heavy (non-hydrogen) atoms. The SMILES string of the molecule is O=C(NCc1cccc(CNC(=O)N2CCCC2)c1)N1CCCC1. The van der Waals surface area contributed by atoms with Crippen LogP contribution in [0.4, 0.5) is 9.59 Å². The first-order valence-electron chi connectivity index (χ1n) is 8.86. The van der Waals surface area contributed by atoms with E-state index in [4.69, 9.17) is 0 Å². The normalized spacial score (nSPS) is 17.2. The first-order chi connectivity index (χ1) is 11.7. The maximum Gasteiger partial charge on any atom is 0.317 e. The van der Waals surface area contributed by atoms with Crippen LogP contribution in [0.5, 0.6) is 0 Å². The van der Waals surface area contributed by atoms with Crippen LogP contribution in [0.1, 0.15) is 36.8 Å². The number of carbonyl (C=O) groups is 2. The molecule has 2 aliphatic rings. The minimum Gasteiger partial charge on any atom is -0.334 e. The Labute approximate surface area is 143 Å². The van der Waals surface area contributed by atoms with Crippen molar-refractivity contribution >= 4 is 12.1 Å². The Morgan fingerprint density at radius 2 is 1.21 bits per heavy atom. The Balaban J connectivity index is 1.46. The second-order valence-corrected chi connectivity index (χ2v) is 6.53. The van der Waals surface area contributed by atoms with E-state index in [0.717, 1.165) is 63.0 Å². The molecule has 2 aliphatic heterocycles. The number of nitrogens with zero attached hydrogens (tertiary/aromatic N) is 2. The third-order valence-corrected chi connectivity index (χ3v) is 4.67. The van der Waals surface area contributed by atoms with Crippen LogP contribution in [-0.2, 0) is 13.1 Å². The lowest BCUT2D eigenvalue weighted by molar-refractivity contribution is 0.208. The standard InChI is InChI=1S/C18H26N4O2/c23-17(21-8-1-2-9-21)19-13-15-6-5-7-16(12-15)14-20-18(24)22-10-3-4-11-22/h5-7,12H,1-4,8-11,13-14H2,(H,19,23)(H,20,24). The van der Waals surface area contributed by atoms with E-state index in [1.807, 2.05) is 34.1 Å². The van der Waals surface area contributed by atoms with Gasteiger partial charge in [-0.3, -0.25) is 0 Å². The molecule has 0 unspecified atom stereocenters. The number of amides is 4. The van der Waals surface area contributed by atoms with Crippen LogP contribution in [0.2, 0.25) is 0 Å². The van der Waals surface area contributed by atoms with E-state index >= 15 is 0 Å². The van der Waals surface area contributed by atoms with Crippen molar-refractivity contribution in [1.82, 2.24) is 20.4 Å². The molecule has 0 bridgehead atoms. The lowest BCUT2D eigenvalue weighted by Crippen LogP contribution is -2.38. The van der Waals surface area contributed by atoms with Gasteiger partial charge in [0.15, 0.2) is 0 Å². The molecule has 2 heterocycles. The van der Waals surface area contributed by atoms with Gasteiger partial charge in [0, 0.05) is 39.3 Å². The van der Waals surface area contributed by atoms with Gasteiger partial charge >= 0.3 is 12.1 Å². The van der Waals surface area contributed by atoms with Gasteiger partial charge in [0.05, 0.1) is 0 Å². The van der Waals surface area contributed by atoms with Gasteiger partial charge in [0.1, 0.15) is 0 Å². The second kappa shape index (κ2) is 8.04. The number of urea groups is 2. The molecule has 0 aromatic heterocycles. The molecular formula is C18H26N4O2. The molecule has 1 aromatic rings. The molecule has 6 heteroatoms. The fraction of sp³-hybridized carbons (Fsp3) is 0.556. The molecule has 0 saturated carbocycles. The second-order valence-electron chi connectivity index (χ2n) is 6.53. The highest BCUT2D eigenvalue weighted by Gasteiger charge is 2.18. The molecule has 0 aliphatic carbocycles. The molecule has 3 rings (SSSR count). The molecule has 0 atom stereocenters. The smallest absolute Gasteiger partial charge is 0.317 e. The molecule has 130 valence electrons. The van der Waals surface area contributed by atoms with E-state index in [1.165, 1.54) is 0 Å². The summed E-state index contributed by atoms with van der Waals surface area (Å²) < 4.78 is 0. The third-order valence-electron chi connectivity index (χ3n) is 4.67. The zero-order chi connectivity index (χ0) is 16.8. The van der Waals surface area contributed by atoms with Crippen LogP contribution in [0.25, 0.3) is 0 Å². The lowest BCUT2D eigenvalue weighted by Gasteiger charge is -2.17. The van der Waals surface area contributed by atoms with Gasteiger partial charge in [-0.15, -0.1) is 0 Å². The van der Waals surface area contributed by atoms with Crippen molar-refractivity contribution < 1.29 is 9.59 Å². The number of nitrogens with one attached hydrogen (secondary N) is 2. The molecular weight excluding hydrogens is 304 g/mol. The van der Waals surface area contributed by atoms with Gasteiger partial charge in [0.25, 0.3) is 0 Å². The Kier molecular flexibility index (Phi) is 5.56. The largest absolute Gasteiger partial charge is 0.334 e. The van der Waals surface area contributed by atoms with Crippen LogP contribution in [0.15, 0.2) is 24.3 Å². The highest BCUT2D eigenvalue weighted by atomic mass is 16.2. The Bertz CT molecular complexity index is 531. The third kappa shape index (κ3) is 4.40. The van der Waals surface area contributed by atoms with Gasteiger partial charge < -0.3 is 20.4 Å². The van der Waals surface area contributed by atoms with E-state index in [9.17, 15) is 9.59 Å². The minimum atomic E-state index is 0.0141. The average molecular weight is 330 g/mol. The summed E-state index contributed by atoms with van der Waals surface area (Å²) in [5.41, 5.74) is 2.10. The number of carbonyl (C=O) groups excluding carboxylic acids is 2. The van der Waals surface area contributed by atoms with Crippen molar-refractivity contribution in [3.63, 3.8) is 0 Å². The zero-order valence-corrected chi connectivity index (χ0v) is 14.1. The molecule has 2 fully saturated rings. The summed E-state index contributed by atoms with van der Waals surface area (Å²) in [7, 11) is 0. The molecule has 6 nitrogen and oxygen atoms in total. The van der Waals surface area contributed by atoms with Gasteiger partial charge in [-0.05, 0) is 36.8 Å². The van der Waals surface area contributed by atoms with Crippen molar-refractivity contribution in [2.75, 3.05) is 26.2 Å². The fourth-order valence-electron chi connectivity index (χ4n) is 3.27. The minimum absolute atomic E-state index is 0.0141. The van der Waals surface area contributed by atoms with E-state index in [0.29, 0.717) is 13.1 Å². The summed E-state index contributed by atoms with van der Waals surface area (Å²) >= 11 is 0. The Hall–Kier alpha value is -2.24. The summed E-state index contributed by atoms with van der Waals surface area (Å²) in [6, 6.07) is 8.02. The Morgan fingerprint density at radius 3 is 1.62 bits per heavy atom. The topological polar surface area (TPSA) is 64.7 Å². The van der Waals surface area contributed by atoms with E-state index < -0.39 is 0 Å². The van der Waals surface area contributed by atoms with Crippen molar-refractivity contribution in [3.8, 4) is 0 Å². The first kappa shape index (κ1) is 16.6. The van der Waals surface area contributed by atoms with Crippen molar-refractivity contribution in [1.29, 1.82) is 0 Å². The highest BCUT2D eigenvalue weighted by Crippen LogP contribution is 2.10. The summed E-state index contributed by atoms with van der Waals surface area (Å²) in [5.74, 6) is 0. The molecule has 2 saturated heterocycles. The van der Waals surface area contributed by atoms with E-state index in [-0.39, 0.29) is 12.1 Å². The van der Waals surface area contributed by atoms with Crippen molar-refractivity contribution in [2.24, 2.45) is 0 Å². The number of rotatable bonds is 4. The predicted octanol–water partition coefficient (Wildman–Crippen LogP) is 2.30. The summed E-state index contributed by atoms with van der Waals surface area (Å²) in [6.07, 6.45) is 4.39. The lowest BCUT2D eigenvalue weighted by atomic mass is 10.1. The number of benzene rings is 1. The van der Waals surface area contributed by atoms with Gasteiger partial charge in [-0.25, -0.2) is 9.59 Å². The molecule has 0 radical (unpaired) electrons. The maximum absolute atomic E-state index is 12.0. The van der Waals surface area contributed by atoms with Gasteiger partial charge in [-0.2, -0.15) is 0 Å². The van der Waals surface area contributed by atoms with Gasteiger partial charge in [0.2, 0.25) is 0 Å². The monoisotopic (exact) mass is 330 g/mol. The quantitative estimate of drug-likeness (QED) is 0.890.